The first-order valence-electron chi connectivity index (χ1n) is 7.42. The summed E-state index contributed by atoms with van der Waals surface area (Å²) in [5.41, 5.74) is 4.03. The van der Waals surface area contributed by atoms with Crippen LogP contribution in [0, 0.1) is 24.2 Å². The molecule has 2 rings (SSSR count). The van der Waals surface area contributed by atoms with Crippen LogP contribution in [-0.2, 0) is 0 Å². The minimum Gasteiger partial charge on any atom is -0.383 e. The van der Waals surface area contributed by atoms with Gasteiger partial charge in [0.15, 0.2) is 0 Å². The van der Waals surface area contributed by atoms with Crippen molar-refractivity contribution in [2.24, 2.45) is 5.92 Å². The molecule has 1 unspecified atom stereocenters. The molecule has 0 aliphatic rings. The second kappa shape index (κ2) is 6.95. The van der Waals surface area contributed by atoms with Gasteiger partial charge in [-0.2, -0.15) is 5.26 Å². The summed E-state index contributed by atoms with van der Waals surface area (Å²) in [5.74, 6) is 0.966. The number of aryl methyl sites for hydroxylation is 1. The molecule has 0 bridgehead atoms. The Bertz CT molecular complexity index is 624. The lowest BCUT2D eigenvalue weighted by atomic mass is 9.88. The number of hydrogen-bond acceptors (Lipinski definition) is 2. The lowest BCUT2D eigenvalue weighted by molar-refractivity contribution is 0.517. The first-order chi connectivity index (χ1) is 10.1. The predicted molar refractivity (Wildman–Crippen MR) is 88.4 cm³/mol. The Labute approximate surface area is 127 Å². The van der Waals surface area contributed by atoms with E-state index in [4.69, 9.17) is 0 Å². The summed E-state index contributed by atoms with van der Waals surface area (Å²) in [6, 6.07) is 18.8. The van der Waals surface area contributed by atoms with E-state index in [1.54, 1.807) is 0 Å². The molecule has 2 aromatic rings. The molecule has 2 nitrogen and oxygen atoms in total. The van der Waals surface area contributed by atoms with E-state index in [9.17, 15) is 5.26 Å². The number of hydrogen-bond donors (Lipinski definition) is 1. The minimum absolute atomic E-state index is 0.429. The maximum absolute atomic E-state index is 9.30. The van der Waals surface area contributed by atoms with Crippen LogP contribution in [0.3, 0.4) is 0 Å². The van der Waals surface area contributed by atoms with Gasteiger partial charge in [-0.3, -0.25) is 0 Å². The lowest BCUT2D eigenvalue weighted by Gasteiger charge is -2.23. The Kier molecular flexibility index (Phi) is 5.00. The van der Waals surface area contributed by atoms with E-state index in [-0.39, 0.29) is 0 Å². The lowest BCUT2D eigenvalue weighted by Crippen LogP contribution is -2.18. The zero-order valence-corrected chi connectivity index (χ0v) is 12.9. The van der Waals surface area contributed by atoms with Gasteiger partial charge in [0.05, 0.1) is 11.3 Å². The van der Waals surface area contributed by atoms with Gasteiger partial charge in [-0.1, -0.05) is 56.3 Å². The van der Waals surface area contributed by atoms with E-state index < -0.39 is 0 Å². The van der Waals surface area contributed by atoms with Crippen LogP contribution in [0.15, 0.2) is 48.5 Å². The molecule has 0 saturated carbocycles. The van der Waals surface area contributed by atoms with Crippen LogP contribution >= 0.6 is 0 Å². The Hall–Kier alpha value is -2.27. The fourth-order valence-corrected chi connectivity index (χ4v) is 2.62. The molecule has 0 amide bonds. The minimum atomic E-state index is 0.429. The maximum Gasteiger partial charge on any atom is 0.102 e. The Balaban J connectivity index is 2.18. The number of benzene rings is 2. The first kappa shape index (κ1) is 15.1. The topological polar surface area (TPSA) is 35.8 Å². The smallest absolute Gasteiger partial charge is 0.102 e. The number of rotatable bonds is 5. The number of nitrogens with one attached hydrogen (secondary N) is 1. The van der Waals surface area contributed by atoms with Crippen molar-refractivity contribution in [2.75, 3.05) is 11.9 Å². The average molecular weight is 278 g/mol. The van der Waals surface area contributed by atoms with Gasteiger partial charge in [0.1, 0.15) is 6.07 Å². The van der Waals surface area contributed by atoms with E-state index >= 15 is 0 Å². The molecule has 1 atom stereocenters. The van der Waals surface area contributed by atoms with Crippen molar-refractivity contribution in [1.29, 1.82) is 5.26 Å². The Morgan fingerprint density at radius 1 is 1.05 bits per heavy atom. The van der Waals surface area contributed by atoms with E-state index in [0.29, 0.717) is 11.8 Å². The Morgan fingerprint density at radius 3 is 2.38 bits per heavy atom. The highest BCUT2D eigenvalue weighted by molar-refractivity contribution is 5.60. The summed E-state index contributed by atoms with van der Waals surface area (Å²) < 4.78 is 0. The van der Waals surface area contributed by atoms with Gasteiger partial charge in [-0.15, -0.1) is 0 Å². The molecule has 0 spiro atoms. The van der Waals surface area contributed by atoms with Crippen molar-refractivity contribution in [1.82, 2.24) is 0 Å². The summed E-state index contributed by atoms with van der Waals surface area (Å²) in [7, 11) is 0. The van der Waals surface area contributed by atoms with Gasteiger partial charge < -0.3 is 5.32 Å². The molecular formula is C19H22N2. The molecule has 0 aromatic heterocycles. The first-order valence-corrected chi connectivity index (χ1v) is 7.42. The SMILES string of the molecule is Cc1cccc(NCC(c2ccccc2)C(C)C)c1C#N. The summed E-state index contributed by atoms with van der Waals surface area (Å²) in [6.45, 7) is 7.28. The highest BCUT2D eigenvalue weighted by Crippen LogP contribution is 2.26. The van der Waals surface area contributed by atoms with E-state index in [1.165, 1.54) is 5.56 Å². The normalized spacial score (nSPS) is 12.0. The molecule has 1 N–H and O–H groups in total. The molecule has 2 aromatic carbocycles. The number of anilines is 1. The molecule has 0 aliphatic carbocycles. The largest absolute Gasteiger partial charge is 0.383 e. The summed E-state index contributed by atoms with van der Waals surface area (Å²) in [4.78, 5) is 0. The fraction of sp³-hybridized carbons (Fsp3) is 0.316. The Morgan fingerprint density at radius 2 is 1.76 bits per heavy atom. The van der Waals surface area contributed by atoms with Crippen molar-refractivity contribution >= 4 is 5.69 Å². The van der Waals surface area contributed by atoms with Crippen molar-refractivity contribution in [3.8, 4) is 6.07 Å². The molecule has 2 heteroatoms. The summed E-state index contributed by atoms with van der Waals surface area (Å²) in [5, 5.41) is 12.8. The third kappa shape index (κ3) is 3.64. The molecule has 0 fully saturated rings. The average Bonchev–Trinajstić information content (AvgIpc) is 2.48. The van der Waals surface area contributed by atoms with Gasteiger partial charge in [-0.25, -0.2) is 0 Å². The van der Waals surface area contributed by atoms with Crippen molar-refractivity contribution in [3.05, 3.63) is 65.2 Å². The second-order valence-corrected chi connectivity index (χ2v) is 5.75. The number of nitrogens with zero attached hydrogens (tertiary/aromatic N) is 1. The van der Waals surface area contributed by atoms with Gasteiger partial charge in [-0.05, 0) is 30.0 Å². The van der Waals surface area contributed by atoms with Gasteiger partial charge in [0, 0.05) is 12.5 Å². The highest BCUT2D eigenvalue weighted by atomic mass is 14.9. The van der Waals surface area contributed by atoms with Crippen LogP contribution < -0.4 is 5.32 Å². The van der Waals surface area contributed by atoms with Crippen molar-refractivity contribution in [2.45, 2.75) is 26.7 Å². The number of nitriles is 1. The molecule has 0 radical (unpaired) electrons. The molecule has 0 heterocycles. The zero-order valence-electron chi connectivity index (χ0n) is 12.9. The molecular weight excluding hydrogens is 256 g/mol. The highest BCUT2D eigenvalue weighted by Gasteiger charge is 2.16. The monoisotopic (exact) mass is 278 g/mol. The standard InChI is InChI=1S/C19H22N2/c1-14(2)18(16-9-5-4-6-10-16)13-21-19-11-7-8-15(3)17(19)12-20/h4-11,14,18,21H,13H2,1-3H3. The van der Waals surface area contributed by atoms with Gasteiger partial charge in [0.25, 0.3) is 0 Å². The third-order valence-electron chi connectivity index (χ3n) is 3.93. The summed E-state index contributed by atoms with van der Waals surface area (Å²) in [6.07, 6.45) is 0. The molecule has 108 valence electrons. The van der Waals surface area contributed by atoms with Crippen LogP contribution in [0.25, 0.3) is 0 Å². The molecule has 0 saturated heterocycles. The fourth-order valence-electron chi connectivity index (χ4n) is 2.62. The van der Waals surface area contributed by atoms with E-state index in [0.717, 1.165) is 23.4 Å². The van der Waals surface area contributed by atoms with Crippen LogP contribution in [0.1, 0.15) is 36.5 Å². The van der Waals surface area contributed by atoms with Crippen LogP contribution in [-0.4, -0.2) is 6.54 Å². The van der Waals surface area contributed by atoms with Crippen LogP contribution in [0.4, 0.5) is 5.69 Å². The quantitative estimate of drug-likeness (QED) is 0.859. The van der Waals surface area contributed by atoms with Gasteiger partial charge in [0.2, 0.25) is 0 Å². The van der Waals surface area contributed by atoms with Crippen molar-refractivity contribution in [3.63, 3.8) is 0 Å². The van der Waals surface area contributed by atoms with Crippen LogP contribution in [0.5, 0.6) is 0 Å². The van der Waals surface area contributed by atoms with Crippen LogP contribution in [0.2, 0.25) is 0 Å². The van der Waals surface area contributed by atoms with E-state index in [1.807, 2.05) is 31.2 Å². The second-order valence-electron chi connectivity index (χ2n) is 5.75. The molecule has 0 aliphatic heterocycles. The zero-order chi connectivity index (χ0) is 15.2. The molecule has 21 heavy (non-hydrogen) atoms. The predicted octanol–water partition coefficient (Wildman–Crippen LogP) is 4.72. The maximum atomic E-state index is 9.30. The third-order valence-corrected chi connectivity index (χ3v) is 3.93. The van der Waals surface area contributed by atoms with Gasteiger partial charge >= 0.3 is 0 Å². The van der Waals surface area contributed by atoms with Crippen molar-refractivity contribution < 1.29 is 0 Å². The van der Waals surface area contributed by atoms with E-state index in [2.05, 4.69) is 49.5 Å². The summed E-state index contributed by atoms with van der Waals surface area (Å²) >= 11 is 0.